The zero-order valence-corrected chi connectivity index (χ0v) is 27.0. The van der Waals surface area contributed by atoms with E-state index in [0.29, 0.717) is 66.1 Å². The summed E-state index contributed by atoms with van der Waals surface area (Å²) in [4.78, 5) is 32.1. The summed E-state index contributed by atoms with van der Waals surface area (Å²) in [5.41, 5.74) is 4.03. The summed E-state index contributed by atoms with van der Waals surface area (Å²) in [6.07, 6.45) is 0. The number of carbonyl (C=O) groups excluding carboxylic acids is 2. The van der Waals surface area contributed by atoms with E-state index < -0.39 is 0 Å². The maximum absolute atomic E-state index is 13.1. The smallest absolute Gasteiger partial charge is 0.322 e. The molecule has 0 saturated carbocycles. The molecule has 3 aromatic carbocycles. The number of nitrogens with zero attached hydrogens (tertiary/aromatic N) is 3. The van der Waals surface area contributed by atoms with Gasteiger partial charge in [0.25, 0.3) is 5.91 Å². The van der Waals surface area contributed by atoms with Crippen LogP contribution in [0.2, 0.25) is 10.0 Å². The zero-order chi connectivity index (χ0) is 31.1. The molecule has 1 aliphatic rings. The van der Waals surface area contributed by atoms with Crippen molar-refractivity contribution in [2.24, 2.45) is 0 Å². The standard InChI is InChI=1S/C33H41Cl2N5O3/c1-22(2)40(23(3)4)21-25-18-29(34)31(30(35)19-25)37-33(42)39-16-14-38(15-17-39)27-10-8-26(9-11-27)32(41)36-20-24-6-12-28(43-5)13-7-24/h6-13,18-19,22-23H,14-17,20-21H2,1-5H3,(H,36,41)(H,37,42). The Hall–Kier alpha value is -3.46. The van der Waals surface area contributed by atoms with Crippen LogP contribution in [-0.4, -0.2) is 67.1 Å². The van der Waals surface area contributed by atoms with Crippen molar-refractivity contribution in [1.82, 2.24) is 15.1 Å². The Morgan fingerprint density at radius 3 is 1.98 bits per heavy atom. The Morgan fingerprint density at radius 2 is 1.44 bits per heavy atom. The lowest BCUT2D eigenvalue weighted by molar-refractivity contribution is 0.0951. The zero-order valence-electron chi connectivity index (χ0n) is 25.5. The van der Waals surface area contributed by atoms with Crippen LogP contribution in [0.4, 0.5) is 16.2 Å². The number of halogens is 2. The number of benzene rings is 3. The highest BCUT2D eigenvalue weighted by atomic mass is 35.5. The SMILES string of the molecule is COc1ccc(CNC(=O)c2ccc(N3CCN(C(=O)Nc4c(Cl)cc(CN(C(C)C)C(C)C)cc4Cl)CC3)cc2)cc1. The highest BCUT2D eigenvalue weighted by Crippen LogP contribution is 2.33. The van der Waals surface area contributed by atoms with Crippen molar-refractivity contribution in [1.29, 1.82) is 0 Å². The summed E-state index contributed by atoms with van der Waals surface area (Å²) in [6.45, 7) is 12.2. The molecule has 0 aromatic heterocycles. The number of rotatable bonds is 10. The second-order valence-electron chi connectivity index (χ2n) is 11.3. The molecule has 1 aliphatic heterocycles. The number of hydrogen-bond donors (Lipinski definition) is 2. The molecule has 1 heterocycles. The van der Waals surface area contributed by atoms with Crippen LogP contribution in [0.15, 0.2) is 60.7 Å². The summed E-state index contributed by atoms with van der Waals surface area (Å²) in [6, 6.07) is 19.4. The second-order valence-corrected chi connectivity index (χ2v) is 12.1. The first-order valence-electron chi connectivity index (χ1n) is 14.6. The average molecular weight is 627 g/mol. The third kappa shape index (κ3) is 8.56. The summed E-state index contributed by atoms with van der Waals surface area (Å²) in [7, 11) is 1.62. The van der Waals surface area contributed by atoms with Crippen molar-refractivity contribution < 1.29 is 14.3 Å². The van der Waals surface area contributed by atoms with E-state index in [2.05, 4.69) is 48.1 Å². The van der Waals surface area contributed by atoms with Gasteiger partial charge in [-0.1, -0.05) is 35.3 Å². The van der Waals surface area contributed by atoms with Gasteiger partial charge in [0, 0.05) is 62.6 Å². The maximum Gasteiger partial charge on any atom is 0.322 e. The molecule has 230 valence electrons. The topological polar surface area (TPSA) is 77.1 Å². The Balaban J connectivity index is 1.28. The Labute approximate surface area is 264 Å². The molecule has 4 rings (SSSR count). The van der Waals surface area contributed by atoms with E-state index in [1.54, 1.807) is 12.0 Å². The van der Waals surface area contributed by atoms with E-state index in [-0.39, 0.29) is 11.9 Å². The minimum atomic E-state index is -0.230. The number of carbonyl (C=O) groups is 2. The van der Waals surface area contributed by atoms with Gasteiger partial charge in [0.2, 0.25) is 0 Å². The fourth-order valence-electron chi connectivity index (χ4n) is 5.21. The van der Waals surface area contributed by atoms with E-state index in [4.69, 9.17) is 27.9 Å². The van der Waals surface area contributed by atoms with Gasteiger partial charge in [-0.3, -0.25) is 9.69 Å². The van der Waals surface area contributed by atoms with Crippen LogP contribution < -0.4 is 20.3 Å². The highest BCUT2D eigenvalue weighted by Gasteiger charge is 2.23. The summed E-state index contributed by atoms with van der Waals surface area (Å²) < 4.78 is 5.17. The summed E-state index contributed by atoms with van der Waals surface area (Å²) in [5.74, 6) is 0.646. The van der Waals surface area contributed by atoms with Crippen LogP contribution in [-0.2, 0) is 13.1 Å². The Kier molecular flexibility index (Phi) is 11.2. The van der Waals surface area contributed by atoms with Crippen LogP contribution in [0.5, 0.6) is 5.75 Å². The Bertz CT molecular complexity index is 1360. The first kappa shape index (κ1) is 32.5. The van der Waals surface area contributed by atoms with Crippen LogP contribution in [0.25, 0.3) is 0 Å². The van der Waals surface area contributed by atoms with Crippen LogP contribution in [0, 0.1) is 0 Å². The second kappa shape index (κ2) is 14.8. The third-order valence-electron chi connectivity index (χ3n) is 7.70. The summed E-state index contributed by atoms with van der Waals surface area (Å²) >= 11 is 13.2. The van der Waals surface area contributed by atoms with Crippen LogP contribution in [0.1, 0.15) is 49.2 Å². The van der Waals surface area contributed by atoms with Gasteiger partial charge in [0.15, 0.2) is 0 Å². The fourth-order valence-corrected chi connectivity index (χ4v) is 5.84. The predicted molar refractivity (Wildman–Crippen MR) is 176 cm³/mol. The van der Waals surface area contributed by atoms with Crippen molar-refractivity contribution >= 4 is 46.5 Å². The molecule has 1 fully saturated rings. The molecule has 0 spiro atoms. The number of amides is 3. The number of nitrogens with one attached hydrogen (secondary N) is 2. The van der Waals surface area contributed by atoms with E-state index in [9.17, 15) is 9.59 Å². The fraction of sp³-hybridized carbons (Fsp3) is 0.394. The molecule has 0 aliphatic carbocycles. The summed E-state index contributed by atoms with van der Waals surface area (Å²) in [5, 5.41) is 6.72. The predicted octanol–water partition coefficient (Wildman–Crippen LogP) is 6.90. The molecule has 0 atom stereocenters. The van der Waals surface area contributed by atoms with Gasteiger partial charge >= 0.3 is 6.03 Å². The van der Waals surface area contributed by atoms with Crippen molar-refractivity contribution in [3.63, 3.8) is 0 Å². The van der Waals surface area contributed by atoms with Crippen molar-refractivity contribution in [2.45, 2.75) is 52.9 Å². The highest BCUT2D eigenvalue weighted by molar-refractivity contribution is 6.39. The van der Waals surface area contributed by atoms with Crippen LogP contribution in [0.3, 0.4) is 0 Å². The van der Waals surface area contributed by atoms with Crippen molar-refractivity contribution in [3.8, 4) is 5.75 Å². The number of ether oxygens (including phenoxy) is 1. The molecular weight excluding hydrogens is 585 g/mol. The Morgan fingerprint density at radius 1 is 0.860 bits per heavy atom. The largest absolute Gasteiger partial charge is 0.497 e. The molecule has 2 N–H and O–H groups in total. The molecular formula is C33H41Cl2N5O3. The lowest BCUT2D eigenvalue weighted by Gasteiger charge is -2.36. The maximum atomic E-state index is 13.1. The van der Waals surface area contributed by atoms with Crippen molar-refractivity contribution in [3.05, 3.63) is 87.4 Å². The number of urea groups is 1. The van der Waals surface area contributed by atoms with E-state index >= 15 is 0 Å². The van der Waals surface area contributed by atoms with E-state index in [1.807, 2.05) is 60.7 Å². The van der Waals surface area contributed by atoms with E-state index in [0.717, 1.165) is 29.1 Å². The normalized spacial score (nSPS) is 13.5. The van der Waals surface area contributed by atoms with Crippen molar-refractivity contribution in [2.75, 3.05) is 43.5 Å². The molecule has 3 amide bonds. The number of hydrogen-bond acceptors (Lipinski definition) is 5. The lowest BCUT2D eigenvalue weighted by Crippen LogP contribution is -2.50. The molecule has 0 bridgehead atoms. The molecule has 43 heavy (non-hydrogen) atoms. The molecule has 1 saturated heterocycles. The average Bonchev–Trinajstić information content (AvgIpc) is 3.00. The van der Waals surface area contributed by atoms with Gasteiger partial charge < -0.3 is 25.2 Å². The van der Waals surface area contributed by atoms with Gasteiger partial charge in [-0.25, -0.2) is 4.79 Å². The quantitative estimate of drug-likeness (QED) is 0.256. The monoisotopic (exact) mass is 625 g/mol. The van der Waals surface area contributed by atoms with Gasteiger partial charge in [-0.15, -0.1) is 0 Å². The molecule has 3 aromatic rings. The van der Waals surface area contributed by atoms with Gasteiger partial charge in [-0.05, 0) is 87.4 Å². The number of anilines is 2. The lowest BCUT2D eigenvalue weighted by atomic mass is 10.1. The van der Waals surface area contributed by atoms with Crippen LogP contribution >= 0.6 is 23.2 Å². The molecule has 0 unspecified atom stereocenters. The van der Waals surface area contributed by atoms with E-state index in [1.165, 1.54) is 0 Å². The number of piperazine rings is 1. The first-order chi connectivity index (χ1) is 20.5. The minimum Gasteiger partial charge on any atom is -0.497 e. The minimum absolute atomic E-state index is 0.133. The van der Waals surface area contributed by atoms with Gasteiger partial charge in [0.05, 0.1) is 22.8 Å². The van der Waals surface area contributed by atoms with Gasteiger partial charge in [-0.2, -0.15) is 0 Å². The molecule has 8 nitrogen and oxygen atoms in total. The van der Waals surface area contributed by atoms with Gasteiger partial charge in [0.1, 0.15) is 5.75 Å². The molecule has 10 heteroatoms. The third-order valence-corrected chi connectivity index (χ3v) is 8.30. The first-order valence-corrected chi connectivity index (χ1v) is 15.4. The molecule has 0 radical (unpaired) electrons. The number of methoxy groups -OCH3 is 1.